The number of anilines is 1. The van der Waals surface area contributed by atoms with Crippen LogP contribution in [0.4, 0.5) is 10.1 Å². The molecule has 0 radical (unpaired) electrons. The van der Waals surface area contributed by atoms with Crippen LogP contribution in [0, 0.1) is 11.7 Å². The highest BCUT2D eigenvalue weighted by atomic mass is 79.9. The first kappa shape index (κ1) is 19.8. The summed E-state index contributed by atoms with van der Waals surface area (Å²) in [7, 11) is 0. The Balaban J connectivity index is 1.51. The highest BCUT2D eigenvalue weighted by Crippen LogP contribution is 2.24. The van der Waals surface area contributed by atoms with Crippen molar-refractivity contribution in [2.45, 2.75) is 26.3 Å². The molecule has 2 aromatic rings. The summed E-state index contributed by atoms with van der Waals surface area (Å²) in [6.07, 6.45) is 1.55. The van der Waals surface area contributed by atoms with Gasteiger partial charge in [-0.25, -0.2) is 4.39 Å². The van der Waals surface area contributed by atoms with E-state index in [9.17, 15) is 9.18 Å². The number of likely N-dealkylation sites (tertiary alicyclic amines) is 1. The van der Waals surface area contributed by atoms with Crippen molar-refractivity contribution in [1.82, 2.24) is 4.90 Å². The minimum absolute atomic E-state index is 0.0842. The van der Waals surface area contributed by atoms with E-state index in [1.807, 2.05) is 19.1 Å². The third-order valence-electron chi connectivity index (χ3n) is 4.76. The smallest absolute Gasteiger partial charge is 0.227 e. The van der Waals surface area contributed by atoms with Crippen molar-refractivity contribution in [3.63, 3.8) is 0 Å². The largest absolute Gasteiger partial charge is 0.494 e. The zero-order chi connectivity index (χ0) is 19.2. The first-order valence-corrected chi connectivity index (χ1v) is 10.0. The predicted octanol–water partition coefficient (Wildman–Crippen LogP) is 4.84. The molecule has 4 nitrogen and oxygen atoms in total. The van der Waals surface area contributed by atoms with E-state index in [-0.39, 0.29) is 17.5 Å². The molecule has 144 valence electrons. The number of ether oxygens (including phenoxy) is 1. The quantitative estimate of drug-likeness (QED) is 0.706. The number of nitrogens with one attached hydrogen (secondary N) is 1. The van der Waals surface area contributed by atoms with Gasteiger partial charge in [-0.05, 0) is 68.8 Å². The van der Waals surface area contributed by atoms with Crippen molar-refractivity contribution in [1.29, 1.82) is 0 Å². The normalized spacial score (nSPS) is 15.5. The summed E-state index contributed by atoms with van der Waals surface area (Å²) in [6, 6.07) is 12.8. The lowest BCUT2D eigenvalue weighted by Crippen LogP contribution is -2.37. The summed E-state index contributed by atoms with van der Waals surface area (Å²) in [6.45, 7) is 5.17. The van der Waals surface area contributed by atoms with E-state index >= 15 is 0 Å². The van der Waals surface area contributed by atoms with Crippen LogP contribution in [0.2, 0.25) is 0 Å². The zero-order valence-electron chi connectivity index (χ0n) is 15.4. The number of amides is 1. The van der Waals surface area contributed by atoms with Crippen LogP contribution in [0.3, 0.4) is 0 Å². The summed E-state index contributed by atoms with van der Waals surface area (Å²) in [5, 5.41) is 2.72. The highest BCUT2D eigenvalue weighted by Gasteiger charge is 2.25. The lowest BCUT2D eigenvalue weighted by atomic mass is 9.95. The number of hydrogen-bond acceptors (Lipinski definition) is 3. The van der Waals surface area contributed by atoms with Crippen LogP contribution in [0.5, 0.6) is 5.75 Å². The molecular formula is C21H24BrFN2O2. The van der Waals surface area contributed by atoms with E-state index < -0.39 is 5.82 Å². The Kier molecular flexibility index (Phi) is 6.85. The van der Waals surface area contributed by atoms with Crippen molar-refractivity contribution in [3.8, 4) is 5.75 Å². The Morgan fingerprint density at radius 2 is 2.04 bits per heavy atom. The number of nitrogens with zero attached hydrogens (tertiary/aromatic N) is 1. The molecular weight excluding hydrogens is 411 g/mol. The van der Waals surface area contributed by atoms with Gasteiger partial charge in [0.05, 0.1) is 12.3 Å². The summed E-state index contributed by atoms with van der Waals surface area (Å²) >= 11 is 3.22. The van der Waals surface area contributed by atoms with Crippen LogP contribution in [-0.4, -0.2) is 30.5 Å². The van der Waals surface area contributed by atoms with Gasteiger partial charge in [0, 0.05) is 16.9 Å². The average molecular weight is 435 g/mol. The van der Waals surface area contributed by atoms with Gasteiger partial charge in [-0.3, -0.25) is 9.69 Å². The Bertz CT molecular complexity index is 792. The molecule has 0 spiro atoms. The number of carbonyl (C=O) groups is 1. The number of carbonyl (C=O) groups excluding carboxylic acids is 1. The van der Waals surface area contributed by atoms with Gasteiger partial charge in [0.1, 0.15) is 11.6 Å². The number of halogens is 2. The first-order chi connectivity index (χ1) is 13.0. The fourth-order valence-corrected chi connectivity index (χ4v) is 3.67. The minimum Gasteiger partial charge on any atom is -0.494 e. The number of piperidine rings is 1. The highest BCUT2D eigenvalue weighted by molar-refractivity contribution is 9.10. The zero-order valence-corrected chi connectivity index (χ0v) is 17.0. The molecule has 1 amide bonds. The third-order valence-corrected chi connectivity index (χ3v) is 5.26. The first-order valence-electron chi connectivity index (χ1n) is 9.25. The molecule has 27 heavy (non-hydrogen) atoms. The van der Waals surface area contributed by atoms with Crippen molar-refractivity contribution < 1.29 is 13.9 Å². The summed E-state index contributed by atoms with van der Waals surface area (Å²) in [5.41, 5.74) is 1.44. The lowest BCUT2D eigenvalue weighted by Gasteiger charge is -2.31. The molecule has 6 heteroatoms. The van der Waals surface area contributed by atoms with E-state index in [1.54, 1.807) is 12.1 Å². The Morgan fingerprint density at radius 3 is 2.74 bits per heavy atom. The Labute approximate surface area is 167 Å². The fraction of sp³-hybridized carbons (Fsp3) is 0.381. The van der Waals surface area contributed by atoms with Gasteiger partial charge in [0.25, 0.3) is 0 Å². The molecule has 1 aliphatic heterocycles. The second kappa shape index (κ2) is 9.33. The number of rotatable bonds is 6. The topological polar surface area (TPSA) is 41.6 Å². The van der Waals surface area contributed by atoms with Crippen LogP contribution < -0.4 is 10.1 Å². The minimum atomic E-state index is -0.427. The van der Waals surface area contributed by atoms with Crippen LogP contribution in [0.1, 0.15) is 25.3 Å². The fourth-order valence-electron chi connectivity index (χ4n) is 3.34. The van der Waals surface area contributed by atoms with Crippen molar-refractivity contribution in [2.24, 2.45) is 5.92 Å². The maximum absolute atomic E-state index is 13.9. The Morgan fingerprint density at radius 1 is 1.26 bits per heavy atom. The van der Waals surface area contributed by atoms with Crippen LogP contribution >= 0.6 is 15.9 Å². The summed E-state index contributed by atoms with van der Waals surface area (Å²) < 4.78 is 20.1. The molecule has 0 saturated carbocycles. The number of hydrogen-bond donors (Lipinski definition) is 1. The van der Waals surface area contributed by atoms with E-state index in [0.717, 1.165) is 38.2 Å². The van der Waals surface area contributed by atoms with Crippen molar-refractivity contribution in [3.05, 3.63) is 58.3 Å². The van der Waals surface area contributed by atoms with Gasteiger partial charge in [0.15, 0.2) is 0 Å². The van der Waals surface area contributed by atoms with Gasteiger partial charge in [-0.15, -0.1) is 0 Å². The molecule has 1 saturated heterocycles. The number of benzene rings is 2. The maximum Gasteiger partial charge on any atom is 0.227 e. The van der Waals surface area contributed by atoms with Crippen LogP contribution in [0.25, 0.3) is 0 Å². The van der Waals surface area contributed by atoms with Gasteiger partial charge in [-0.2, -0.15) is 0 Å². The van der Waals surface area contributed by atoms with Gasteiger partial charge in [0.2, 0.25) is 5.91 Å². The second-order valence-corrected chi connectivity index (χ2v) is 7.66. The third kappa shape index (κ3) is 5.53. The molecule has 3 rings (SSSR count). The Hall–Kier alpha value is -1.92. The van der Waals surface area contributed by atoms with Crippen LogP contribution in [0.15, 0.2) is 46.9 Å². The second-order valence-electron chi connectivity index (χ2n) is 6.74. The molecule has 1 N–H and O–H groups in total. The molecule has 0 unspecified atom stereocenters. The van der Waals surface area contributed by atoms with Gasteiger partial charge < -0.3 is 10.1 Å². The maximum atomic E-state index is 13.9. The summed E-state index contributed by atoms with van der Waals surface area (Å²) in [5.74, 6) is 0.276. The molecule has 0 aliphatic carbocycles. The molecule has 0 aromatic heterocycles. The molecule has 1 heterocycles. The van der Waals surface area contributed by atoms with E-state index in [4.69, 9.17) is 4.74 Å². The SMILES string of the molecule is CCOc1cccc(CN2CCC(C(=O)Nc3ccc(Br)cc3F)CC2)c1. The lowest BCUT2D eigenvalue weighted by molar-refractivity contribution is -0.121. The molecule has 2 aromatic carbocycles. The van der Waals surface area contributed by atoms with Gasteiger partial charge >= 0.3 is 0 Å². The predicted molar refractivity (Wildman–Crippen MR) is 108 cm³/mol. The van der Waals surface area contributed by atoms with E-state index in [1.165, 1.54) is 11.6 Å². The van der Waals surface area contributed by atoms with Gasteiger partial charge in [-0.1, -0.05) is 28.1 Å². The van der Waals surface area contributed by atoms with Crippen molar-refractivity contribution in [2.75, 3.05) is 25.0 Å². The molecule has 1 aliphatic rings. The van der Waals surface area contributed by atoms with E-state index in [0.29, 0.717) is 11.1 Å². The summed E-state index contributed by atoms with van der Waals surface area (Å²) in [4.78, 5) is 14.8. The average Bonchev–Trinajstić information content (AvgIpc) is 2.65. The molecule has 0 atom stereocenters. The standard InChI is InChI=1S/C21H24BrFN2O2/c1-2-27-18-5-3-4-15(12-18)14-25-10-8-16(9-11-25)21(26)24-20-7-6-17(22)13-19(20)23/h3-7,12-13,16H,2,8-11,14H2,1H3,(H,24,26). The van der Waals surface area contributed by atoms with Crippen molar-refractivity contribution >= 4 is 27.5 Å². The molecule has 1 fully saturated rings. The van der Waals surface area contributed by atoms with Crippen LogP contribution in [-0.2, 0) is 11.3 Å². The molecule has 0 bridgehead atoms. The monoisotopic (exact) mass is 434 g/mol. The van der Waals surface area contributed by atoms with E-state index in [2.05, 4.69) is 38.3 Å².